The number of aromatic nitrogens is 2. The summed E-state index contributed by atoms with van der Waals surface area (Å²) in [6.45, 7) is 4.12. The Bertz CT molecular complexity index is 775. The fourth-order valence-corrected chi connectivity index (χ4v) is 2.75. The molecule has 96 valence electrons. The predicted octanol–water partition coefficient (Wildman–Crippen LogP) is 4.92. The molecule has 0 fully saturated rings. The minimum absolute atomic E-state index is 0.666. The zero-order chi connectivity index (χ0) is 13.6. The van der Waals surface area contributed by atoms with E-state index in [9.17, 15) is 0 Å². The Morgan fingerprint density at radius 2 is 1.84 bits per heavy atom. The van der Waals surface area contributed by atoms with E-state index >= 15 is 0 Å². The van der Waals surface area contributed by atoms with Crippen molar-refractivity contribution < 1.29 is 0 Å². The summed E-state index contributed by atoms with van der Waals surface area (Å²) in [6, 6.07) is 9.63. The molecule has 0 saturated heterocycles. The zero-order valence-corrected chi connectivity index (χ0v) is 12.1. The first-order valence-corrected chi connectivity index (χ1v) is 6.72. The summed E-state index contributed by atoms with van der Waals surface area (Å²) in [7, 11) is 0. The number of pyridine rings is 1. The van der Waals surface area contributed by atoms with Crippen LogP contribution in [0.4, 0.5) is 0 Å². The first-order valence-electron chi connectivity index (χ1n) is 5.96. The minimum Gasteiger partial charge on any atom is -0.297 e. The van der Waals surface area contributed by atoms with E-state index < -0.39 is 0 Å². The van der Waals surface area contributed by atoms with E-state index in [1.54, 1.807) is 6.07 Å². The fourth-order valence-electron chi connectivity index (χ4n) is 2.36. The third-order valence-electron chi connectivity index (χ3n) is 3.14. The molecule has 0 aliphatic rings. The number of hydrogen-bond donors (Lipinski definition) is 0. The SMILES string of the molecule is Cc1cc(C)n2c(-c3cc(Cl)ccc3Cl)cnc2c1. The highest BCUT2D eigenvalue weighted by molar-refractivity contribution is 6.35. The molecule has 0 atom stereocenters. The van der Waals surface area contributed by atoms with Crippen LogP contribution in [0.25, 0.3) is 16.9 Å². The molecule has 0 aliphatic carbocycles. The van der Waals surface area contributed by atoms with Crippen LogP contribution < -0.4 is 0 Å². The molecule has 2 aromatic heterocycles. The van der Waals surface area contributed by atoms with Crippen LogP contribution in [-0.2, 0) is 0 Å². The second-order valence-electron chi connectivity index (χ2n) is 4.64. The molecule has 0 radical (unpaired) electrons. The van der Waals surface area contributed by atoms with Crippen molar-refractivity contribution in [2.45, 2.75) is 13.8 Å². The molecule has 0 bridgehead atoms. The first kappa shape index (κ1) is 12.5. The Hall–Kier alpha value is -1.51. The molecular weight excluding hydrogens is 279 g/mol. The molecule has 0 saturated carbocycles. The van der Waals surface area contributed by atoms with E-state index in [1.807, 2.05) is 18.3 Å². The van der Waals surface area contributed by atoms with Gasteiger partial charge in [0.25, 0.3) is 0 Å². The van der Waals surface area contributed by atoms with Crippen molar-refractivity contribution in [3.8, 4) is 11.3 Å². The number of fused-ring (bicyclic) bond motifs is 1. The summed E-state index contributed by atoms with van der Waals surface area (Å²) < 4.78 is 2.09. The van der Waals surface area contributed by atoms with Gasteiger partial charge in [-0.25, -0.2) is 4.98 Å². The van der Waals surface area contributed by atoms with Crippen molar-refractivity contribution in [1.29, 1.82) is 0 Å². The number of nitrogens with zero attached hydrogens (tertiary/aromatic N) is 2. The van der Waals surface area contributed by atoms with E-state index in [2.05, 4.69) is 35.4 Å². The Labute approximate surface area is 121 Å². The average Bonchev–Trinajstić information content (AvgIpc) is 2.76. The molecule has 0 unspecified atom stereocenters. The van der Waals surface area contributed by atoms with E-state index in [1.165, 1.54) is 5.56 Å². The van der Waals surface area contributed by atoms with Crippen LogP contribution in [-0.4, -0.2) is 9.38 Å². The number of benzene rings is 1. The predicted molar refractivity (Wildman–Crippen MR) is 80.1 cm³/mol. The Balaban J connectivity index is 2.34. The second-order valence-corrected chi connectivity index (χ2v) is 5.48. The number of aryl methyl sites for hydroxylation is 2. The summed E-state index contributed by atoms with van der Waals surface area (Å²) in [4.78, 5) is 4.45. The highest BCUT2D eigenvalue weighted by atomic mass is 35.5. The van der Waals surface area contributed by atoms with Crippen LogP contribution in [0.2, 0.25) is 10.0 Å². The summed E-state index contributed by atoms with van der Waals surface area (Å²) in [5, 5.41) is 1.34. The Kier molecular flexibility index (Phi) is 3.00. The average molecular weight is 291 g/mol. The summed E-state index contributed by atoms with van der Waals surface area (Å²) in [6.07, 6.45) is 1.83. The number of imidazole rings is 1. The highest BCUT2D eigenvalue weighted by Crippen LogP contribution is 2.31. The molecule has 0 spiro atoms. The fraction of sp³-hybridized carbons (Fsp3) is 0.133. The molecule has 0 aliphatic heterocycles. The maximum absolute atomic E-state index is 6.27. The molecule has 3 aromatic rings. The van der Waals surface area contributed by atoms with Crippen LogP contribution in [0.1, 0.15) is 11.3 Å². The molecule has 3 rings (SSSR count). The van der Waals surface area contributed by atoms with Gasteiger partial charge in [0.05, 0.1) is 16.9 Å². The van der Waals surface area contributed by atoms with E-state index in [0.717, 1.165) is 22.6 Å². The molecule has 0 amide bonds. The van der Waals surface area contributed by atoms with Crippen LogP contribution >= 0.6 is 23.2 Å². The maximum Gasteiger partial charge on any atom is 0.137 e. The van der Waals surface area contributed by atoms with Crippen molar-refractivity contribution in [3.63, 3.8) is 0 Å². The van der Waals surface area contributed by atoms with Gasteiger partial charge in [-0.2, -0.15) is 0 Å². The standard InChI is InChI=1S/C15H12Cl2N2/c1-9-5-10(2)19-14(8-18-15(19)6-9)12-7-11(16)3-4-13(12)17/h3-8H,1-2H3. The lowest BCUT2D eigenvalue weighted by Gasteiger charge is -2.08. The normalized spacial score (nSPS) is 11.2. The van der Waals surface area contributed by atoms with E-state index in [-0.39, 0.29) is 0 Å². The lowest BCUT2D eigenvalue weighted by atomic mass is 10.1. The van der Waals surface area contributed by atoms with Gasteiger partial charge >= 0.3 is 0 Å². The topological polar surface area (TPSA) is 17.3 Å². The zero-order valence-electron chi connectivity index (χ0n) is 10.6. The van der Waals surface area contributed by atoms with Gasteiger partial charge < -0.3 is 0 Å². The smallest absolute Gasteiger partial charge is 0.137 e. The monoisotopic (exact) mass is 290 g/mol. The van der Waals surface area contributed by atoms with Gasteiger partial charge in [-0.15, -0.1) is 0 Å². The number of hydrogen-bond acceptors (Lipinski definition) is 1. The van der Waals surface area contributed by atoms with Gasteiger partial charge in [0, 0.05) is 16.3 Å². The van der Waals surface area contributed by atoms with Crippen LogP contribution in [0.15, 0.2) is 36.5 Å². The molecule has 1 aromatic carbocycles. The van der Waals surface area contributed by atoms with Crippen molar-refractivity contribution in [3.05, 3.63) is 57.8 Å². The maximum atomic E-state index is 6.27. The Morgan fingerprint density at radius 1 is 1.05 bits per heavy atom. The summed E-state index contributed by atoms with van der Waals surface area (Å²) >= 11 is 12.3. The molecule has 4 heteroatoms. The van der Waals surface area contributed by atoms with E-state index in [0.29, 0.717) is 10.0 Å². The van der Waals surface area contributed by atoms with Gasteiger partial charge in [0.15, 0.2) is 0 Å². The van der Waals surface area contributed by atoms with Crippen molar-refractivity contribution in [2.24, 2.45) is 0 Å². The third kappa shape index (κ3) is 2.11. The van der Waals surface area contributed by atoms with Gasteiger partial charge in [-0.05, 0) is 49.7 Å². The molecule has 2 nitrogen and oxygen atoms in total. The van der Waals surface area contributed by atoms with Crippen LogP contribution in [0, 0.1) is 13.8 Å². The molecule has 19 heavy (non-hydrogen) atoms. The van der Waals surface area contributed by atoms with Crippen molar-refractivity contribution >= 4 is 28.8 Å². The van der Waals surface area contributed by atoms with Gasteiger partial charge in [-0.1, -0.05) is 23.2 Å². The van der Waals surface area contributed by atoms with Crippen molar-refractivity contribution in [1.82, 2.24) is 9.38 Å². The third-order valence-corrected chi connectivity index (χ3v) is 3.70. The molecular formula is C15H12Cl2N2. The van der Waals surface area contributed by atoms with Gasteiger partial charge in [-0.3, -0.25) is 4.40 Å². The van der Waals surface area contributed by atoms with Crippen molar-refractivity contribution in [2.75, 3.05) is 0 Å². The minimum atomic E-state index is 0.666. The number of halogens is 2. The van der Waals surface area contributed by atoms with Crippen LogP contribution in [0.5, 0.6) is 0 Å². The summed E-state index contributed by atoms with van der Waals surface area (Å²) in [5.74, 6) is 0. The van der Waals surface area contributed by atoms with Gasteiger partial charge in [0.1, 0.15) is 5.65 Å². The lowest BCUT2D eigenvalue weighted by molar-refractivity contribution is 1.09. The van der Waals surface area contributed by atoms with E-state index in [4.69, 9.17) is 23.2 Å². The van der Waals surface area contributed by atoms with Gasteiger partial charge in [0.2, 0.25) is 0 Å². The Morgan fingerprint density at radius 3 is 2.63 bits per heavy atom. The highest BCUT2D eigenvalue weighted by Gasteiger charge is 2.12. The lowest BCUT2D eigenvalue weighted by Crippen LogP contribution is -1.95. The summed E-state index contributed by atoms with van der Waals surface area (Å²) in [5.41, 5.74) is 5.09. The molecule has 2 heterocycles. The quantitative estimate of drug-likeness (QED) is 0.621. The first-order chi connectivity index (χ1) is 9.06. The van der Waals surface area contributed by atoms with Crippen LogP contribution in [0.3, 0.4) is 0 Å². The second kappa shape index (κ2) is 4.55. The largest absolute Gasteiger partial charge is 0.297 e. The number of rotatable bonds is 1. The molecule has 0 N–H and O–H groups in total.